The molecule has 0 radical (unpaired) electrons. The van der Waals surface area contributed by atoms with Crippen LogP contribution in [-0.2, 0) is 24.2 Å². The van der Waals surface area contributed by atoms with Crippen molar-refractivity contribution in [2.24, 2.45) is 0 Å². The number of nitrogens with zero attached hydrogens (tertiary/aromatic N) is 7. The van der Waals surface area contributed by atoms with E-state index in [0.717, 1.165) is 124 Å². The Bertz CT molecular complexity index is 2910. The molecule has 2 aliphatic heterocycles. The average molecular weight is 1120 g/mol. The SMILES string of the molecule is CB(O)NS(=O)(=O)N1CCN(c2cnn(-c3cc(F)cc(F)c3)c(=O)c2OC2CCCCC2)CC1.CC(C)(C)OC(=O)NS(=O)(=O)Cl.O=c1c(OC2CCCCC2)c(N2CCNCC2)cnn1-c1cc(F)cc(F)c1. The van der Waals surface area contributed by atoms with Gasteiger partial charge in [-0.2, -0.15) is 40.7 Å². The Kier molecular flexibility index (Phi) is 20.4. The van der Waals surface area contributed by atoms with Gasteiger partial charge in [-0.1, -0.05) is 12.8 Å². The Labute approximate surface area is 437 Å². The largest absolute Gasteiger partial charge is 0.483 e. The lowest BCUT2D eigenvalue weighted by atomic mass is 9.92. The Hall–Kier alpha value is -5.52. The van der Waals surface area contributed by atoms with Gasteiger partial charge in [0, 0.05) is 75.2 Å². The predicted molar refractivity (Wildman–Crippen MR) is 273 cm³/mol. The number of rotatable bonds is 12. The molecule has 2 saturated heterocycles. The van der Waals surface area contributed by atoms with E-state index in [0.29, 0.717) is 17.4 Å². The third-order valence-corrected chi connectivity index (χ3v) is 14.3. The summed E-state index contributed by atoms with van der Waals surface area (Å²) in [7, 11) is -4.41. The van der Waals surface area contributed by atoms with Crippen molar-refractivity contribution in [2.75, 3.05) is 62.2 Å². The number of anilines is 2. The number of carbonyl (C=O) groups excluding carboxylic acids is 1. The van der Waals surface area contributed by atoms with Crippen LogP contribution in [0, 0.1) is 23.3 Å². The maximum absolute atomic E-state index is 13.8. The first-order valence-corrected chi connectivity index (χ1v) is 28.2. The van der Waals surface area contributed by atoms with Gasteiger partial charge in [0.15, 0.2) is 0 Å². The number of piperazine rings is 2. The van der Waals surface area contributed by atoms with Crippen molar-refractivity contribution in [3.05, 3.63) is 92.8 Å². The highest BCUT2D eigenvalue weighted by molar-refractivity contribution is 8.12. The van der Waals surface area contributed by atoms with Crippen molar-refractivity contribution >= 4 is 54.6 Å². The lowest BCUT2D eigenvalue weighted by molar-refractivity contribution is 0.0571. The van der Waals surface area contributed by atoms with Crippen LogP contribution in [0.1, 0.15) is 85.0 Å². The van der Waals surface area contributed by atoms with E-state index in [1.807, 2.05) is 0 Å². The summed E-state index contributed by atoms with van der Waals surface area (Å²) < 4.78 is 124. The van der Waals surface area contributed by atoms with E-state index < -0.39 is 72.6 Å². The Morgan fingerprint density at radius 3 is 1.47 bits per heavy atom. The Morgan fingerprint density at radius 2 is 1.09 bits per heavy atom. The zero-order valence-electron chi connectivity index (χ0n) is 41.9. The highest BCUT2D eigenvalue weighted by Crippen LogP contribution is 2.32. The number of benzene rings is 2. The van der Waals surface area contributed by atoms with Gasteiger partial charge in [-0.3, -0.25) is 9.59 Å². The van der Waals surface area contributed by atoms with E-state index in [1.165, 1.54) is 28.5 Å². The summed E-state index contributed by atoms with van der Waals surface area (Å²) in [5, 5.41) is 21.0. The summed E-state index contributed by atoms with van der Waals surface area (Å²) in [6, 6.07) is 5.69. The molecule has 412 valence electrons. The molecule has 2 aromatic heterocycles. The van der Waals surface area contributed by atoms with Gasteiger partial charge in [0.2, 0.25) is 11.5 Å². The molecule has 4 N–H and O–H groups in total. The molecule has 0 unspecified atom stereocenters. The molecule has 75 heavy (non-hydrogen) atoms. The van der Waals surface area contributed by atoms with Crippen molar-refractivity contribution in [1.82, 2.24) is 38.5 Å². The molecule has 0 bridgehead atoms. The molecule has 2 aliphatic carbocycles. The number of hydrogen-bond acceptors (Lipinski definition) is 16. The second-order valence-corrected chi connectivity index (χ2v) is 23.1. The second-order valence-electron chi connectivity index (χ2n) is 19.1. The summed E-state index contributed by atoms with van der Waals surface area (Å²) in [6.07, 6.45) is 11.4. The van der Waals surface area contributed by atoms with Gasteiger partial charge in [-0.25, -0.2) is 31.7 Å². The van der Waals surface area contributed by atoms with E-state index in [1.54, 1.807) is 31.9 Å². The maximum atomic E-state index is 13.8. The van der Waals surface area contributed by atoms with E-state index in [2.05, 4.69) is 29.8 Å². The van der Waals surface area contributed by atoms with Crippen LogP contribution in [0.3, 0.4) is 0 Å². The van der Waals surface area contributed by atoms with Gasteiger partial charge in [-0.05, 0) is 103 Å². The van der Waals surface area contributed by atoms with Crippen molar-refractivity contribution in [1.29, 1.82) is 0 Å². The van der Waals surface area contributed by atoms with Crippen LogP contribution in [0.4, 0.5) is 33.7 Å². The number of nitrogens with one attached hydrogen (secondary N) is 3. The maximum Gasteiger partial charge on any atom is 0.422 e. The molecule has 4 fully saturated rings. The number of aromatic nitrogens is 4. The van der Waals surface area contributed by atoms with Gasteiger partial charge in [-0.15, -0.1) is 0 Å². The van der Waals surface area contributed by atoms with Crippen molar-refractivity contribution in [3.8, 4) is 22.9 Å². The third kappa shape index (κ3) is 17.5. The van der Waals surface area contributed by atoms with Crippen LogP contribution in [0.25, 0.3) is 11.4 Å². The molecule has 21 nitrogen and oxygen atoms in total. The van der Waals surface area contributed by atoms with Crippen LogP contribution in [0.15, 0.2) is 58.4 Å². The van der Waals surface area contributed by atoms with E-state index in [9.17, 15) is 53.8 Å². The van der Waals surface area contributed by atoms with Gasteiger partial charge >= 0.3 is 33.5 Å². The number of amides is 1. The van der Waals surface area contributed by atoms with Gasteiger partial charge < -0.3 is 34.4 Å². The first kappa shape index (κ1) is 58.7. The Balaban J connectivity index is 0.000000204. The van der Waals surface area contributed by atoms with Gasteiger partial charge in [0.1, 0.15) is 40.2 Å². The Morgan fingerprint density at radius 1 is 0.693 bits per heavy atom. The fraction of sp³-hybridized carbons (Fsp3) is 0.543. The third-order valence-electron chi connectivity index (χ3n) is 12.0. The number of hydrogen-bond donors (Lipinski definition) is 4. The zero-order chi connectivity index (χ0) is 54.7. The molecule has 29 heteroatoms. The number of halogens is 5. The molecule has 0 atom stereocenters. The summed E-state index contributed by atoms with van der Waals surface area (Å²) >= 11 is 0. The fourth-order valence-electron chi connectivity index (χ4n) is 8.68. The van der Waals surface area contributed by atoms with Crippen molar-refractivity contribution in [3.63, 3.8) is 0 Å². The van der Waals surface area contributed by atoms with Crippen LogP contribution in [0.2, 0.25) is 6.82 Å². The smallest absolute Gasteiger partial charge is 0.422 e. The molecule has 4 aliphatic rings. The zero-order valence-corrected chi connectivity index (χ0v) is 44.3. The number of carbonyl (C=O) groups is 1. The summed E-state index contributed by atoms with van der Waals surface area (Å²) in [5.41, 5.74) is -0.864. The monoisotopic (exact) mass is 1120 g/mol. The minimum Gasteiger partial charge on any atom is -0.483 e. The molecular formula is C46H62BClF4N10O11S2. The standard InChI is InChI=1S/C21H28BF2N5O5S.C20H24F2N4O2.C5H10ClNO4S/c1-22(31)26-35(32,33)28-9-7-27(8-10-28)19-14-25-29(17-12-15(23)11-16(24)13-17)21(30)20(19)34-18-5-3-2-4-6-18;21-14-10-15(22)12-16(11-14)26-20(27)19(28-17-4-2-1-3-5-17)18(13-24-26)25-8-6-23-7-9-25;1-5(2,3)11-4(8)7-12(6,9)10/h11-14,18,26,31H,2-10H2,1H3;10-13,17,23H,1-9H2;1-3H3,(H,7,8). The fourth-order valence-corrected chi connectivity index (χ4v) is 10.3. The lowest BCUT2D eigenvalue weighted by Gasteiger charge is -2.36. The molecule has 2 aromatic carbocycles. The first-order valence-electron chi connectivity index (χ1n) is 24.5. The van der Waals surface area contributed by atoms with Crippen molar-refractivity contribution in [2.45, 2.75) is 110 Å². The van der Waals surface area contributed by atoms with Gasteiger partial charge in [0.25, 0.3) is 10.2 Å². The molecule has 8 rings (SSSR count). The van der Waals surface area contributed by atoms with E-state index in [-0.39, 0.29) is 61.3 Å². The predicted octanol–water partition coefficient (Wildman–Crippen LogP) is 4.92. The highest BCUT2D eigenvalue weighted by atomic mass is 35.7. The minimum atomic E-state index is -4.05. The number of ether oxygens (including phenoxy) is 3. The van der Waals surface area contributed by atoms with Crippen molar-refractivity contribution < 1.29 is 58.4 Å². The quantitative estimate of drug-likeness (QED) is 0.0836. The average Bonchev–Trinajstić information content (AvgIpc) is 3.32. The highest BCUT2D eigenvalue weighted by Gasteiger charge is 2.32. The topological polar surface area (TPSA) is 249 Å². The second kappa shape index (κ2) is 26.0. The van der Waals surface area contributed by atoms with Crippen LogP contribution in [0.5, 0.6) is 11.5 Å². The first-order chi connectivity index (χ1) is 35.4. The molecular weight excluding hydrogens is 1050 g/mol. The molecule has 4 aromatic rings. The molecule has 0 spiro atoms. The minimum absolute atomic E-state index is 0.0231. The molecule has 2 saturated carbocycles. The summed E-state index contributed by atoms with van der Waals surface area (Å²) in [6.45, 7) is 9.95. The van der Waals surface area contributed by atoms with Crippen LogP contribution in [-0.4, -0.2) is 129 Å². The summed E-state index contributed by atoms with van der Waals surface area (Å²) in [5.74, 6) is -2.95. The van der Waals surface area contributed by atoms with Gasteiger partial charge in [0.05, 0.1) is 36.0 Å². The summed E-state index contributed by atoms with van der Waals surface area (Å²) in [4.78, 5) is 41.2. The molecule has 1 amide bonds. The normalized spacial score (nSPS) is 17.2. The van der Waals surface area contributed by atoms with E-state index in [4.69, 9.17) is 20.2 Å². The lowest BCUT2D eigenvalue weighted by Crippen LogP contribution is -2.54. The van der Waals surface area contributed by atoms with Crippen LogP contribution < -0.4 is 45.1 Å². The molecule has 4 heterocycles. The van der Waals surface area contributed by atoms with E-state index >= 15 is 0 Å². The van der Waals surface area contributed by atoms with Crippen LogP contribution >= 0.6 is 10.7 Å².